The maximum absolute atomic E-state index is 13.1. The van der Waals surface area contributed by atoms with Gasteiger partial charge >= 0.3 is 0 Å². The number of ketones is 1. The third-order valence-electron chi connectivity index (χ3n) is 5.27. The molecule has 5 nitrogen and oxygen atoms in total. The molecule has 3 aromatic rings. The molecule has 2 aromatic carbocycles. The first-order chi connectivity index (χ1) is 13.7. The van der Waals surface area contributed by atoms with Gasteiger partial charge in [-0.2, -0.15) is 4.68 Å². The van der Waals surface area contributed by atoms with E-state index >= 15 is 0 Å². The molecule has 0 N–H and O–H groups in total. The van der Waals surface area contributed by atoms with E-state index in [0.29, 0.717) is 17.0 Å². The van der Waals surface area contributed by atoms with Crippen molar-refractivity contribution in [1.29, 1.82) is 0 Å². The van der Waals surface area contributed by atoms with Crippen LogP contribution < -0.4 is 0 Å². The van der Waals surface area contributed by atoms with Crippen LogP contribution >= 0.6 is 11.6 Å². The molecule has 29 heavy (non-hydrogen) atoms. The van der Waals surface area contributed by atoms with Crippen molar-refractivity contribution in [2.75, 3.05) is 0 Å². The predicted octanol–water partition coefficient (Wildman–Crippen LogP) is 6.12. The van der Waals surface area contributed by atoms with Gasteiger partial charge in [-0.05, 0) is 57.3 Å². The van der Waals surface area contributed by atoms with E-state index in [-0.39, 0.29) is 17.1 Å². The van der Waals surface area contributed by atoms with Gasteiger partial charge in [0.1, 0.15) is 0 Å². The van der Waals surface area contributed by atoms with Crippen molar-refractivity contribution in [1.82, 2.24) is 20.2 Å². The first kappa shape index (κ1) is 21.2. The largest absolute Gasteiger partial charge is 0.294 e. The van der Waals surface area contributed by atoms with E-state index in [2.05, 4.69) is 36.3 Å². The number of hydrogen-bond acceptors (Lipinski definition) is 4. The first-order valence-electron chi connectivity index (χ1n) is 9.93. The van der Waals surface area contributed by atoms with Crippen LogP contribution in [0.4, 0.5) is 0 Å². The quantitative estimate of drug-likeness (QED) is 0.440. The minimum absolute atomic E-state index is 0.0502. The Bertz CT molecular complexity index is 1010. The number of rotatable bonds is 7. The fraction of sp³-hybridized carbons (Fsp3) is 0.391. The molecule has 1 heterocycles. The monoisotopic (exact) mass is 410 g/mol. The minimum Gasteiger partial charge on any atom is -0.294 e. The van der Waals surface area contributed by atoms with E-state index in [4.69, 9.17) is 11.6 Å². The fourth-order valence-corrected chi connectivity index (χ4v) is 3.23. The second-order valence-electron chi connectivity index (χ2n) is 8.50. The Morgan fingerprint density at radius 2 is 1.79 bits per heavy atom. The van der Waals surface area contributed by atoms with Crippen molar-refractivity contribution >= 4 is 17.4 Å². The zero-order valence-corrected chi connectivity index (χ0v) is 18.4. The summed E-state index contributed by atoms with van der Waals surface area (Å²) in [5, 5.41) is 12.8. The molecule has 152 valence electrons. The Morgan fingerprint density at radius 3 is 2.41 bits per heavy atom. The summed E-state index contributed by atoms with van der Waals surface area (Å²) in [4.78, 5) is 13.1. The Kier molecular flexibility index (Phi) is 6.18. The van der Waals surface area contributed by atoms with Crippen LogP contribution in [0.25, 0.3) is 16.8 Å². The van der Waals surface area contributed by atoms with Crippen LogP contribution in [-0.2, 0) is 0 Å². The molecule has 0 aliphatic heterocycles. The lowest BCUT2D eigenvalue weighted by atomic mass is 9.83. The molecule has 0 atom stereocenters. The van der Waals surface area contributed by atoms with E-state index in [1.165, 1.54) is 0 Å². The summed E-state index contributed by atoms with van der Waals surface area (Å²) in [6, 6.07) is 13.4. The van der Waals surface area contributed by atoms with Gasteiger partial charge in [-0.3, -0.25) is 4.79 Å². The lowest BCUT2D eigenvalue weighted by Crippen LogP contribution is -2.16. The number of halogens is 1. The summed E-state index contributed by atoms with van der Waals surface area (Å²) >= 11 is 6.05. The van der Waals surface area contributed by atoms with Gasteiger partial charge in [0.25, 0.3) is 0 Å². The molecule has 6 heteroatoms. The van der Waals surface area contributed by atoms with Crippen molar-refractivity contribution in [3.05, 3.63) is 58.9 Å². The van der Waals surface area contributed by atoms with Gasteiger partial charge in [0.2, 0.25) is 0 Å². The van der Waals surface area contributed by atoms with Crippen LogP contribution in [0.1, 0.15) is 69.6 Å². The predicted molar refractivity (Wildman–Crippen MR) is 117 cm³/mol. The van der Waals surface area contributed by atoms with Gasteiger partial charge < -0.3 is 0 Å². The topological polar surface area (TPSA) is 60.7 Å². The highest BCUT2D eigenvalue weighted by molar-refractivity contribution is 6.30. The zero-order valence-electron chi connectivity index (χ0n) is 17.6. The molecule has 0 fully saturated rings. The highest BCUT2D eigenvalue weighted by Crippen LogP contribution is 2.30. The molecule has 0 aliphatic rings. The summed E-state index contributed by atoms with van der Waals surface area (Å²) in [6.45, 7) is 10.4. The number of aromatic nitrogens is 4. The Morgan fingerprint density at radius 1 is 1.10 bits per heavy atom. The first-order valence-corrected chi connectivity index (χ1v) is 10.3. The molecular formula is C23H27ClN4O. The number of hydrogen-bond donors (Lipinski definition) is 0. The van der Waals surface area contributed by atoms with E-state index in [1.54, 1.807) is 4.68 Å². The normalized spacial score (nSPS) is 11.8. The van der Waals surface area contributed by atoms with Crippen molar-refractivity contribution in [3.63, 3.8) is 0 Å². The lowest BCUT2D eigenvalue weighted by molar-refractivity contribution is 0.0928. The van der Waals surface area contributed by atoms with Gasteiger partial charge in [-0.15, -0.1) is 5.10 Å². The molecule has 0 saturated heterocycles. The summed E-state index contributed by atoms with van der Waals surface area (Å²) < 4.78 is 1.71. The van der Waals surface area contributed by atoms with Crippen LogP contribution in [0.2, 0.25) is 5.02 Å². The fourth-order valence-electron chi connectivity index (χ4n) is 3.10. The number of nitrogens with zero attached hydrogens (tertiary/aromatic N) is 4. The average Bonchev–Trinajstić information content (AvgIpc) is 3.18. The van der Waals surface area contributed by atoms with Gasteiger partial charge in [0, 0.05) is 22.9 Å². The van der Waals surface area contributed by atoms with Gasteiger partial charge in [0.05, 0.1) is 5.69 Å². The number of benzene rings is 2. The van der Waals surface area contributed by atoms with Crippen LogP contribution in [0.5, 0.6) is 0 Å². The molecule has 0 saturated carbocycles. The highest BCUT2D eigenvalue weighted by Gasteiger charge is 2.22. The van der Waals surface area contributed by atoms with Crippen LogP contribution in [-0.4, -0.2) is 26.0 Å². The maximum Gasteiger partial charge on any atom is 0.163 e. The maximum atomic E-state index is 13.1. The molecule has 0 bridgehead atoms. The SMILES string of the molecule is CCC(C)(C)CC(=O)c1cc(-c2ccc(Cl)cc2)cc(-n2nnnc2C(C)C)c1. The Labute approximate surface area is 177 Å². The van der Waals surface area contributed by atoms with E-state index in [1.807, 2.05) is 56.3 Å². The van der Waals surface area contributed by atoms with Gasteiger partial charge in [-0.1, -0.05) is 64.8 Å². The number of carbonyl (C=O) groups is 1. The molecule has 3 rings (SSSR count). The number of Topliss-reactive ketones (excluding diaryl/α,β-unsaturated/α-hetero) is 1. The van der Waals surface area contributed by atoms with E-state index in [0.717, 1.165) is 29.1 Å². The number of carbonyl (C=O) groups excluding carboxylic acids is 1. The summed E-state index contributed by atoms with van der Waals surface area (Å²) in [5.41, 5.74) is 3.31. The Hall–Kier alpha value is -2.53. The van der Waals surface area contributed by atoms with Crippen molar-refractivity contribution < 1.29 is 4.79 Å². The third-order valence-corrected chi connectivity index (χ3v) is 5.52. The zero-order chi connectivity index (χ0) is 21.2. The van der Waals surface area contributed by atoms with E-state index in [9.17, 15) is 4.79 Å². The van der Waals surface area contributed by atoms with Crippen molar-refractivity contribution in [2.45, 2.75) is 53.4 Å². The standard InChI is InChI=1S/C23H27ClN4O/c1-6-23(4,5)14-21(29)18-11-17(16-7-9-19(24)10-8-16)12-20(13-18)28-22(15(2)3)25-26-27-28/h7-13,15H,6,14H2,1-5H3. The van der Waals surface area contributed by atoms with Crippen LogP contribution in [0.3, 0.4) is 0 Å². The smallest absolute Gasteiger partial charge is 0.163 e. The molecule has 0 amide bonds. The molecule has 0 radical (unpaired) electrons. The minimum atomic E-state index is -0.0502. The molecule has 0 unspecified atom stereocenters. The van der Waals surface area contributed by atoms with Crippen LogP contribution in [0.15, 0.2) is 42.5 Å². The van der Waals surface area contributed by atoms with Crippen LogP contribution in [0, 0.1) is 5.41 Å². The summed E-state index contributed by atoms with van der Waals surface area (Å²) in [6.07, 6.45) is 1.42. The van der Waals surface area contributed by atoms with Crippen molar-refractivity contribution in [3.8, 4) is 16.8 Å². The van der Waals surface area contributed by atoms with Crippen molar-refractivity contribution in [2.24, 2.45) is 5.41 Å². The average molecular weight is 411 g/mol. The summed E-state index contributed by atoms with van der Waals surface area (Å²) in [7, 11) is 0. The highest BCUT2D eigenvalue weighted by atomic mass is 35.5. The molecule has 1 aromatic heterocycles. The number of tetrazole rings is 1. The second-order valence-corrected chi connectivity index (χ2v) is 8.93. The summed E-state index contributed by atoms with van der Waals surface area (Å²) in [5.74, 6) is 1.03. The molecular weight excluding hydrogens is 384 g/mol. The third kappa shape index (κ3) is 4.91. The van der Waals surface area contributed by atoms with Gasteiger partial charge in [-0.25, -0.2) is 0 Å². The Balaban J connectivity index is 2.13. The molecule has 0 spiro atoms. The van der Waals surface area contributed by atoms with E-state index < -0.39 is 0 Å². The van der Waals surface area contributed by atoms with Gasteiger partial charge in [0.15, 0.2) is 11.6 Å². The second kappa shape index (κ2) is 8.46. The lowest BCUT2D eigenvalue weighted by Gasteiger charge is -2.21. The molecule has 0 aliphatic carbocycles.